The lowest BCUT2D eigenvalue weighted by atomic mass is 10.0. The minimum Gasteiger partial charge on any atom is -0.496 e. The van der Waals surface area contributed by atoms with Crippen LogP contribution in [-0.4, -0.2) is 47.9 Å². The van der Waals surface area contributed by atoms with Crippen LogP contribution in [0.25, 0.3) is 10.9 Å². The summed E-state index contributed by atoms with van der Waals surface area (Å²) in [5.41, 5.74) is 2.23. The van der Waals surface area contributed by atoms with Crippen molar-refractivity contribution in [3.05, 3.63) is 70.9 Å². The SMILES string of the molecule is COc1ccccc1CC(=O)N1CCC(NC(=O)c2ccc3nc(Cl)ccc3c2)CC1. The Morgan fingerprint density at radius 2 is 1.90 bits per heavy atom. The number of rotatable bonds is 5. The molecule has 31 heavy (non-hydrogen) atoms. The highest BCUT2D eigenvalue weighted by Crippen LogP contribution is 2.21. The minimum absolute atomic E-state index is 0.0434. The van der Waals surface area contributed by atoms with E-state index in [1.54, 1.807) is 25.3 Å². The smallest absolute Gasteiger partial charge is 0.251 e. The van der Waals surface area contributed by atoms with Gasteiger partial charge in [-0.25, -0.2) is 4.98 Å². The fraction of sp³-hybridized carbons (Fsp3) is 0.292. The molecule has 4 rings (SSSR count). The average Bonchev–Trinajstić information content (AvgIpc) is 2.79. The van der Waals surface area contributed by atoms with Gasteiger partial charge in [-0.2, -0.15) is 0 Å². The van der Waals surface area contributed by atoms with Crippen LogP contribution in [0.1, 0.15) is 28.8 Å². The molecule has 6 nitrogen and oxygen atoms in total. The largest absolute Gasteiger partial charge is 0.496 e. The number of halogens is 1. The van der Waals surface area contributed by atoms with Crippen LogP contribution in [-0.2, 0) is 11.2 Å². The molecule has 3 aromatic rings. The Bertz CT molecular complexity index is 1110. The number of hydrogen-bond donors (Lipinski definition) is 1. The number of benzene rings is 2. The zero-order valence-electron chi connectivity index (χ0n) is 17.3. The number of ether oxygens (including phenoxy) is 1. The standard InChI is InChI=1S/C24H24ClN3O3/c1-31-21-5-3-2-4-17(21)15-23(29)28-12-10-19(11-13-28)26-24(30)18-6-8-20-16(14-18)7-9-22(25)27-20/h2-9,14,19H,10-13,15H2,1H3,(H,26,30). The second kappa shape index (κ2) is 9.35. The Morgan fingerprint density at radius 3 is 2.68 bits per heavy atom. The maximum absolute atomic E-state index is 12.7. The van der Waals surface area contributed by atoms with Gasteiger partial charge in [-0.15, -0.1) is 0 Å². The van der Waals surface area contributed by atoms with E-state index in [0.717, 1.165) is 35.1 Å². The van der Waals surface area contributed by atoms with E-state index >= 15 is 0 Å². The molecule has 1 fully saturated rings. The van der Waals surface area contributed by atoms with Gasteiger partial charge in [0.15, 0.2) is 0 Å². The van der Waals surface area contributed by atoms with Crippen LogP contribution in [0.2, 0.25) is 5.15 Å². The highest BCUT2D eigenvalue weighted by molar-refractivity contribution is 6.29. The molecule has 2 aromatic carbocycles. The highest BCUT2D eigenvalue weighted by Gasteiger charge is 2.24. The van der Waals surface area contributed by atoms with E-state index in [-0.39, 0.29) is 17.9 Å². The number of methoxy groups -OCH3 is 1. The Kier molecular flexibility index (Phi) is 6.37. The summed E-state index contributed by atoms with van der Waals surface area (Å²) in [4.78, 5) is 31.5. The van der Waals surface area contributed by atoms with E-state index in [4.69, 9.17) is 16.3 Å². The molecule has 0 radical (unpaired) electrons. The van der Waals surface area contributed by atoms with Crippen LogP contribution < -0.4 is 10.1 Å². The molecule has 0 spiro atoms. The average molecular weight is 438 g/mol. The third-order valence-electron chi connectivity index (χ3n) is 5.63. The Hall–Kier alpha value is -3.12. The maximum atomic E-state index is 12.7. The third-order valence-corrected chi connectivity index (χ3v) is 5.84. The summed E-state index contributed by atoms with van der Waals surface area (Å²) in [7, 11) is 1.61. The number of carbonyl (C=O) groups excluding carboxylic acids is 2. The Labute approximate surface area is 186 Å². The van der Waals surface area contributed by atoms with E-state index in [1.165, 1.54) is 0 Å². The number of pyridine rings is 1. The Morgan fingerprint density at radius 1 is 1.13 bits per heavy atom. The van der Waals surface area contributed by atoms with E-state index in [1.807, 2.05) is 41.3 Å². The predicted octanol–water partition coefficient (Wildman–Crippen LogP) is 3.86. The molecule has 1 aliphatic heterocycles. The summed E-state index contributed by atoms with van der Waals surface area (Å²) in [6.45, 7) is 1.25. The van der Waals surface area contributed by atoms with Gasteiger partial charge < -0.3 is 15.0 Å². The summed E-state index contributed by atoms with van der Waals surface area (Å²) in [6.07, 6.45) is 1.78. The van der Waals surface area contributed by atoms with Crippen LogP contribution >= 0.6 is 11.6 Å². The van der Waals surface area contributed by atoms with Crippen molar-refractivity contribution in [3.8, 4) is 5.75 Å². The van der Waals surface area contributed by atoms with Gasteiger partial charge in [0, 0.05) is 35.6 Å². The molecule has 0 saturated carbocycles. The number of likely N-dealkylation sites (tertiary alicyclic amines) is 1. The van der Waals surface area contributed by atoms with Crippen molar-refractivity contribution in [1.82, 2.24) is 15.2 Å². The normalized spacial score (nSPS) is 14.5. The lowest BCUT2D eigenvalue weighted by Crippen LogP contribution is -2.47. The van der Waals surface area contributed by atoms with Gasteiger partial charge in [-0.05, 0) is 49.2 Å². The van der Waals surface area contributed by atoms with Crippen molar-refractivity contribution in [2.45, 2.75) is 25.3 Å². The minimum atomic E-state index is -0.115. The quantitative estimate of drug-likeness (QED) is 0.615. The molecule has 2 amide bonds. The summed E-state index contributed by atoms with van der Waals surface area (Å²) in [5, 5.41) is 4.39. The van der Waals surface area contributed by atoms with Crippen LogP contribution in [0.5, 0.6) is 5.75 Å². The van der Waals surface area contributed by atoms with Gasteiger partial charge in [0.1, 0.15) is 10.9 Å². The fourth-order valence-electron chi connectivity index (χ4n) is 3.91. The molecule has 2 heterocycles. The Balaban J connectivity index is 1.32. The van der Waals surface area contributed by atoms with Crippen molar-refractivity contribution in [3.63, 3.8) is 0 Å². The summed E-state index contributed by atoms with van der Waals surface area (Å²) >= 11 is 5.92. The number of nitrogens with one attached hydrogen (secondary N) is 1. The van der Waals surface area contributed by atoms with E-state index < -0.39 is 0 Å². The predicted molar refractivity (Wildman–Crippen MR) is 121 cm³/mol. The van der Waals surface area contributed by atoms with Gasteiger partial charge in [0.05, 0.1) is 19.0 Å². The van der Waals surface area contributed by atoms with Crippen LogP contribution in [0.15, 0.2) is 54.6 Å². The van der Waals surface area contributed by atoms with Gasteiger partial charge >= 0.3 is 0 Å². The van der Waals surface area contributed by atoms with E-state index in [9.17, 15) is 9.59 Å². The number of amides is 2. The molecule has 1 saturated heterocycles. The number of para-hydroxylation sites is 1. The molecule has 0 unspecified atom stereocenters. The lowest BCUT2D eigenvalue weighted by molar-refractivity contribution is -0.131. The first-order valence-electron chi connectivity index (χ1n) is 10.3. The lowest BCUT2D eigenvalue weighted by Gasteiger charge is -2.32. The number of aromatic nitrogens is 1. The number of piperidine rings is 1. The van der Waals surface area contributed by atoms with Crippen LogP contribution in [0.3, 0.4) is 0 Å². The molecule has 1 aromatic heterocycles. The van der Waals surface area contributed by atoms with Gasteiger partial charge in [0.2, 0.25) is 5.91 Å². The third kappa shape index (κ3) is 4.97. The van der Waals surface area contributed by atoms with Crippen molar-refractivity contribution >= 4 is 34.3 Å². The van der Waals surface area contributed by atoms with Crippen molar-refractivity contribution in [1.29, 1.82) is 0 Å². The summed E-state index contributed by atoms with van der Waals surface area (Å²) in [5.74, 6) is 0.691. The number of nitrogens with zero attached hydrogens (tertiary/aromatic N) is 2. The molecular formula is C24H24ClN3O3. The van der Waals surface area contributed by atoms with Crippen molar-refractivity contribution in [2.24, 2.45) is 0 Å². The van der Waals surface area contributed by atoms with Crippen molar-refractivity contribution in [2.75, 3.05) is 20.2 Å². The van der Waals surface area contributed by atoms with Crippen LogP contribution in [0.4, 0.5) is 0 Å². The summed E-state index contributed by atoms with van der Waals surface area (Å²) < 4.78 is 5.34. The molecule has 0 atom stereocenters. The molecule has 7 heteroatoms. The van der Waals surface area contributed by atoms with E-state index in [0.29, 0.717) is 30.2 Å². The molecule has 1 N–H and O–H groups in total. The summed E-state index contributed by atoms with van der Waals surface area (Å²) in [6, 6.07) is 16.6. The van der Waals surface area contributed by atoms with E-state index in [2.05, 4.69) is 10.3 Å². The number of carbonyl (C=O) groups is 2. The number of hydrogen-bond acceptors (Lipinski definition) is 4. The zero-order chi connectivity index (χ0) is 21.8. The van der Waals surface area contributed by atoms with Crippen molar-refractivity contribution < 1.29 is 14.3 Å². The topological polar surface area (TPSA) is 71.5 Å². The highest BCUT2D eigenvalue weighted by atomic mass is 35.5. The van der Waals surface area contributed by atoms with Gasteiger partial charge in [-0.3, -0.25) is 9.59 Å². The van der Waals surface area contributed by atoms with Gasteiger partial charge in [-0.1, -0.05) is 29.8 Å². The molecular weight excluding hydrogens is 414 g/mol. The zero-order valence-corrected chi connectivity index (χ0v) is 18.1. The monoisotopic (exact) mass is 437 g/mol. The number of fused-ring (bicyclic) bond motifs is 1. The van der Waals surface area contributed by atoms with Gasteiger partial charge in [0.25, 0.3) is 5.91 Å². The van der Waals surface area contributed by atoms with Crippen LogP contribution in [0, 0.1) is 0 Å². The molecule has 160 valence electrons. The second-order valence-electron chi connectivity index (χ2n) is 7.66. The molecule has 1 aliphatic rings. The fourth-order valence-corrected chi connectivity index (χ4v) is 4.06. The first-order valence-corrected chi connectivity index (χ1v) is 10.7. The molecule has 0 bridgehead atoms. The molecule has 0 aliphatic carbocycles. The second-order valence-corrected chi connectivity index (χ2v) is 8.05. The first-order chi connectivity index (χ1) is 15.0. The first kappa shape index (κ1) is 21.1. The maximum Gasteiger partial charge on any atom is 0.251 e.